The van der Waals surface area contributed by atoms with E-state index in [2.05, 4.69) is 255 Å². The number of anilines is 3. The van der Waals surface area contributed by atoms with Crippen molar-refractivity contribution in [2.75, 3.05) is 4.90 Å². The number of fused-ring (bicyclic) bond motifs is 13. The summed E-state index contributed by atoms with van der Waals surface area (Å²) < 4.78 is 10.0. The highest BCUT2D eigenvalue weighted by molar-refractivity contribution is 6.21. The van der Waals surface area contributed by atoms with Gasteiger partial charge in [0.25, 0.3) is 0 Å². The summed E-state index contributed by atoms with van der Waals surface area (Å²) in [5.74, 6) is 0. The van der Waals surface area contributed by atoms with Crippen LogP contribution in [0.1, 0.15) is 102 Å². The third kappa shape index (κ3) is 6.37. The second-order valence-corrected chi connectivity index (χ2v) is 24.2. The molecule has 2 aliphatic rings. The van der Waals surface area contributed by atoms with Crippen molar-refractivity contribution in [3.05, 3.63) is 209 Å². The summed E-state index contributed by atoms with van der Waals surface area (Å²) in [4.78, 5) is 2.64. The lowest BCUT2D eigenvalue weighted by molar-refractivity contribution is 0.590. The molecule has 12 aromatic rings. The fraction of sp³-hybridized carbons (Fsp3) is 0.200. The van der Waals surface area contributed by atoms with Gasteiger partial charge < -0.3 is 13.9 Å². The molecule has 10 aromatic carbocycles. The second kappa shape index (κ2) is 15.1. The first kappa shape index (κ1) is 43.9. The Morgan fingerprint density at radius 1 is 0.438 bits per heavy atom. The van der Waals surface area contributed by atoms with Gasteiger partial charge in [0.15, 0.2) is 0 Å². The van der Waals surface area contributed by atoms with E-state index in [1.54, 1.807) is 0 Å². The average Bonchev–Trinajstić information content (AvgIpc) is 3.94. The molecule has 1 unspecified atom stereocenters. The van der Waals surface area contributed by atoms with E-state index in [0.717, 1.165) is 27.6 Å². The van der Waals surface area contributed by atoms with Crippen molar-refractivity contribution < 1.29 is 4.42 Å². The molecule has 0 aliphatic carbocycles. The van der Waals surface area contributed by atoms with Gasteiger partial charge in [-0.15, -0.1) is 0 Å². The van der Waals surface area contributed by atoms with Gasteiger partial charge in [-0.1, -0.05) is 172 Å². The van der Waals surface area contributed by atoms with Crippen LogP contribution >= 0.6 is 0 Å². The van der Waals surface area contributed by atoms with Crippen molar-refractivity contribution in [1.82, 2.24) is 4.57 Å². The van der Waals surface area contributed by atoms with Crippen LogP contribution in [0.4, 0.5) is 17.1 Å². The van der Waals surface area contributed by atoms with Crippen molar-refractivity contribution in [3.8, 4) is 33.4 Å². The maximum atomic E-state index is 7.28. The summed E-state index contributed by atoms with van der Waals surface area (Å²) in [6, 6.07) is 66.6. The van der Waals surface area contributed by atoms with E-state index >= 15 is 0 Å². The van der Waals surface area contributed by atoms with E-state index in [4.69, 9.17) is 4.42 Å². The Labute approximate surface area is 428 Å². The molecule has 356 valence electrons. The monoisotopic (exact) mass is 944 g/mol. The molecule has 0 bridgehead atoms. The first-order chi connectivity index (χ1) is 35.0. The molecule has 0 spiro atoms. The molecule has 2 aromatic heterocycles. The molecule has 2 aliphatic heterocycles. The summed E-state index contributed by atoms with van der Waals surface area (Å²) >= 11 is 0. The number of hydrogen-bond donors (Lipinski definition) is 0. The molecule has 4 heterocycles. The lowest BCUT2D eigenvalue weighted by Crippen LogP contribution is -2.28. The first-order valence-electron chi connectivity index (χ1n) is 26.2. The summed E-state index contributed by atoms with van der Waals surface area (Å²) in [7, 11) is 0. The van der Waals surface area contributed by atoms with Crippen LogP contribution in [-0.4, -0.2) is 4.57 Å². The average molecular weight is 945 g/mol. The third-order valence-electron chi connectivity index (χ3n) is 16.5. The molecule has 0 N–H and O–H groups in total. The molecule has 1 atom stereocenters. The van der Waals surface area contributed by atoms with Crippen LogP contribution in [0, 0.1) is 6.92 Å². The summed E-state index contributed by atoms with van der Waals surface area (Å²) in [5, 5.41) is 10.1. The zero-order chi connectivity index (χ0) is 50.0. The van der Waals surface area contributed by atoms with Crippen molar-refractivity contribution in [1.29, 1.82) is 0 Å². The zero-order valence-electron chi connectivity index (χ0n) is 43.6. The van der Waals surface area contributed by atoms with Gasteiger partial charge in [-0.2, -0.15) is 0 Å². The minimum absolute atomic E-state index is 0.0291. The molecule has 0 amide bonds. The Morgan fingerprint density at radius 2 is 1.04 bits per heavy atom. The SMILES string of the molecule is Cc1c2ccccc2c(C(C)(C)C)c2cc3c(cc12)C1c2c(cc4c(oc5ccccc54)c2-c2cc(C(C)(C)C)cc4c5cc(C(C)(C)C)ccc5n1c24)N3c1cc(-c2ccccc2)cc(-c2ccccc2)c1. The largest absolute Gasteiger partial charge is 0.455 e. The fourth-order valence-corrected chi connectivity index (χ4v) is 13.0. The highest BCUT2D eigenvalue weighted by Crippen LogP contribution is 2.62. The van der Waals surface area contributed by atoms with Gasteiger partial charge >= 0.3 is 0 Å². The summed E-state index contributed by atoms with van der Waals surface area (Å²) in [6.45, 7) is 23.6. The van der Waals surface area contributed by atoms with Crippen LogP contribution in [-0.2, 0) is 16.2 Å². The van der Waals surface area contributed by atoms with Crippen LogP contribution < -0.4 is 4.90 Å². The van der Waals surface area contributed by atoms with E-state index in [-0.39, 0.29) is 22.3 Å². The Kier molecular flexibility index (Phi) is 9.07. The van der Waals surface area contributed by atoms with E-state index in [0.29, 0.717) is 0 Å². The number of aromatic nitrogens is 1. The smallest absolute Gasteiger partial charge is 0.143 e. The highest BCUT2D eigenvalue weighted by Gasteiger charge is 2.43. The molecule has 14 rings (SSSR count). The molecule has 0 saturated carbocycles. The van der Waals surface area contributed by atoms with Crippen LogP contribution in [0.25, 0.3) is 98.7 Å². The van der Waals surface area contributed by atoms with Gasteiger partial charge in [-0.05, 0) is 156 Å². The van der Waals surface area contributed by atoms with Gasteiger partial charge in [0.2, 0.25) is 0 Å². The summed E-state index contributed by atoms with van der Waals surface area (Å²) in [5.41, 5.74) is 22.6. The molecule has 73 heavy (non-hydrogen) atoms. The Hall–Kier alpha value is -7.88. The quantitative estimate of drug-likeness (QED) is 0.165. The third-order valence-corrected chi connectivity index (χ3v) is 16.5. The number of benzene rings is 10. The normalized spacial score (nSPS) is 14.5. The Balaban J connectivity index is 1.22. The van der Waals surface area contributed by atoms with Gasteiger partial charge in [-0.25, -0.2) is 0 Å². The molecule has 3 nitrogen and oxygen atoms in total. The van der Waals surface area contributed by atoms with Crippen molar-refractivity contribution in [3.63, 3.8) is 0 Å². The fourth-order valence-electron chi connectivity index (χ4n) is 13.0. The van der Waals surface area contributed by atoms with Gasteiger partial charge in [0.05, 0.1) is 28.5 Å². The van der Waals surface area contributed by atoms with Crippen LogP contribution in [0.5, 0.6) is 0 Å². The number of hydrogen-bond acceptors (Lipinski definition) is 2. The van der Waals surface area contributed by atoms with Gasteiger partial charge in [-0.3, -0.25) is 0 Å². The topological polar surface area (TPSA) is 21.3 Å². The predicted molar refractivity (Wildman–Crippen MR) is 311 cm³/mol. The van der Waals surface area contributed by atoms with Crippen LogP contribution in [0.2, 0.25) is 0 Å². The van der Waals surface area contributed by atoms with E-state index in [1.165, 1.54) is 121 Å². The Morgan fingerprint density at radius 3 is 1.70 bits per heavy atom. The standard InChI is InChI=1S/C70H60N2O/c1-40-48-25-17-18-27-50(48)64(70(8,9)10)53-38-59-56(37-51(40)53)66-63-60(71(59)47-32-43(41-21-13-11-14-22-41)31-44(33-47)42-23-15-12-16-24-42)39-55-49-26-19-20-28-61(49)73-67(55)62(63)57-36-46(69(5,6)7)35-54-52-34-45(68(2,3)4)29-30-58(52)72(66)65(54)57/h11-39,66H,1-10H3. The lowest BCUT2D eigenvalue weighted by Gasteiger charge is -2.43. The minimum atomic E-state index is -0.179. The maximum absolute atomic E-state index is 7.28. The van der Waals surface area contributed by atoms with E-state index in [9.17, 15) is 0 Å². The molecule has 3 heteroatoms. The summed E-state index contributed by atoms with van der Waals surface area (Å²) in [6.07, 6.45) is 0. The molecule has 0 fully saturated rings. The molecular formula is C70H60N2O. The van der Waals surface area contributed by atoms with Crippen molar-refractivity contribution >= 4 is 82.4 Å². The number of aryl methyl sites for hydroxylation is 1. The number of nitrogens with zero attached hydrogens (tertiary/aromatic N) is 2. The van der Waals surface area contributed by atoms with Crippen LogP contribution in [0.15, 0.2) is 180 Å². The lowest BCUT2D eigenvalue weighted by atomic mass is 9.75. The number of para-hydroxylation sites is 1. The first-order valence-corrected chi connectivity index (χ1v) is 26.2. The number of furan rings is 1. The van der Waals surface area contributed by atoms with Gasteiger partial charge in [0.1, 0.15) is 11.2 Å². The minimum Gasteiger partial charge on any atom is -0.455 e. The van der Waals surface area contributed by atoms with Crippen molar-refractivity contribution in [2.45, 2.75) is 91.5 Å². The number of rotatable bonds is 3. The van der Waals surface area contributed by atoms with Crippen molar-refractivity contribution in [2.24, 2.45) is 0 Å². The van der Waals surface area contributed by atoms with E-state index in [1.807, 2.05) is 0 Å². The molecule has 0 saturated heterocycles. The highest BCUT2D eigenvalue weighted by atomic mass is 16.3. The van der Waals surface area contributed by atoms with Crippen LogP contribution in [0.3, 0.4) is 0 Å². The Bertz CT molecular complexity index is 4260. The molecule has 0 radical (unpaired) electrons. The van der Waals surface area contributed by atoms with Gasteiger partial charge in [0, 0.05) is 49.5 Å². The van der Waals surface area contributed by atoms with E-state index < -0.39 is 0 Å². The zero-order valence-corrected chi connectivity index (χ0v) is 43.6. The maximum Gasteiger partial charge on any atom is 0.143 e. The second-order valence-electron chi connectivity index (χ2n) is 24.2. The predicted octanol–water partition coefficient (Wildman–Crippen LogP) is 19.9. The molecular weight excluding hydrogens is 885 g/mol.